The van der Waals surface area contributed by atoms with Gasteiger partial charge in [-0.2, -0.15) is 0 Å². The van der Waals surface area contributed by atoms with Crippen LogP contribution < -0.4 is 10.3 Å². The minimum atomic E-state index is -1.19. The molecule has 6 nitrogen and oxygen atoms in total. The minimum Gasteiger partial charge on any atom is -0.386 e. The van der Waals surface area contributed by atoms with Gasteiger partial charge in [0.05, 0.1) is 29.4 Å². The van der Waals surface area contributed by atoms with Crippen molar-refractivity contribution in [2.45, 2.75) is 18.2 Å². The minimum absolute atomic E-state index is 0.0891. The first-order valence-electron chi connectivity index (χ1n) is 10.8. The maximum Gasteiger partial charge on any atom is 0.254 e. The van der Waals surface area contributed by atoms with Crippen LogP contribution in [-0.2, 0) is 9.59 Å². The van der Waals surface area contributed by atoms with E-state index in [0.29, 0.717) is 11.3 Å². The summed E-state index contributed by atoms with van der Waals surface area (Å²) in [5.74, 6) is -2.74. The number of carbonyl (C=O) groups excluding carboxylic acids is 2. The van der Waals surface area contributed by atoms with Crippen LogP contribution in [0.1, 0.15) is 11.7 Å². The molecule has 34 heavy (non-hydrogen) atoms. The lowest BCUT2D eigenvalue weighted by Crippen LogP contribution is -2.55. The number of rotatable bonds is 5. The van der Waals surface area contributed by atoms with Crippen molar-refractivity contribution >= 4 is 23.2 Å². The third-order valence-corrected chi connectivity index (χ3v) is 6.13. The van der Waals surface area contributed by atoms with Crippen molar-refractivity contribution < 1.29 is 23.5 Å². The molecule has 2 aliphatic rings. The topological polar surface area (TPSA) is 72.9 Å². The summed E-state index contributed by atoms with van der Waals surface area (Å²) >= 11 is 0. The van der Waals surface area contributed by atoms with Crippen LogP contribution in [0.15, 0.2) is 91.0 Å². The Hall–Kier alpha value is -3.88. The predicted octanol–water partition coefficient (Wildman–Crippen LogP) is 3.82. The molecule has 3 aromatic rings. The fraction of sp³-hybridized carbons (Fsp3) is 0.154. The van der Waals surface area contributed by atoms with Crippen LogP contribution in [0.25, 0.3) is 0 Å². The number of halogens is 2. The first kappa shape index (κ1) is 21.9. The van der Waals surface area contributed by atoms with Gasteiger partial charge >= 0.3 is 0 Å². The molecule has 2 N–H and O–H groups in total. The van der Waals surface area contributed by atoms with Crippen LogP contribution in [0.5, 0.6) is 0 Å². The molecule has 1 saturated heterocycles. The van der Waals surface area contributed by atoms with Crippen LogP contribution in [0.3, 0.4) is 0 Å². The van der Waals surface area contributed by atoms with E-state index in [1.807, 2.05) is 0 Å². The number of fused-ring (bicyclic) bond motifs is 1. The van der Waals surface area contributed by atoms with Gasteiger partial charge in [-0.05, 0) is 42.0 Å². The molecule has 8 heteroatoms. The highest BCUT2D eigenvalue weighted by Crippen LogP contribution is 2.38. The molecule has 0 spiro atoms. The number of hydrogen-bond acceptors (Lipinski definition) is 5. The van der Waals surface area contributed by atoms with Gasteiger partial charge in [0, 0.05) is 0 Å². The van der Waals surface area contributed by atoms with E-state index in [9.17, 15) is 23.5 Å². The molecular formula is C26H21F2N3O3. The monoisotopic (exact) mass is 461 g/mol. The van der Waals surface area contributed by atoms with Gasteiger partial charge in [0.1, 0.15) is 17.7 Å². The fourth-order valence-corrected chi connectivity index (χ4v) is 4.45. The van der Waals surface area contributed by atoms with E-state index in [2.05, 4.69) is 5.43 Å². The van der Waals surface area contributed by atoms with Crippen LogP contribution in [-0.4, -0.2) is 34.0 Å². The molecule has 0 bridgehead atoms. The van der Waals surface area contributed by atoms with Gasteiger partial charge in [-0.15, -0.1) is 0 Å². The average molecular weight is 461 g/mol. The summed E-state index contributed by atoms with van der Waals surface area (Å²) in [6.07, 6.45) is 2.03. The first-order chi connectivity index (χ1) is 16.5. The Labute approximate surface area is 194 Å². The molecule has 4 atom stereocenters. The van der Waals surface area contributed by atoms with E-state index < -0.39 is 47.6 Å². The Kier molecular flexibility index (Phi) is 5.69. The standard InChI is InChI=1S/C26H21F2N3O3/c27-17-12-10-16(11-13-17)24(32)22-15-14-19-23(31(22)29-21-9-5-4-8-20(21)28)26(34)30(25(19)33)18-6-2-1-3-7-18/h1-15,19,22-24,29,32H. The molecule has 0 aliphatic carbocycles. The second-order valence-electron chi connectivity index (χ2n) is 8.19. The Morgan fingerprint density at radius 2 is 1.50 bits per heavy atom. The van der Waals surface area contributed by atoms with Crippen LogP contribution in [0.2, 0.25) is 0 Å². The molecule has 1 fully saturated rings. The zero-order chi connectivity index (χ0) is 23.8. The number of carbonyl (C=O) groups is 2. The highest BCUT2D eigenvalue weighted by molar-refractivity contribution is 6.24. The molecular weight excluding hydrogens is 440 g/mol. The van der Waals surface area contributed by atoms with Gasteiger partial charge in [0.15, 0.2) is 0 Å². The number of aliphatic hydroxyl groups excluding tert-OH is 1. The number of benzene rings is 3. The molecule has 0 radical (unpaired) electrons. The highest BCUT2D eigenvalue weighted by Gasteiger charge is 2.54. The van der Waals surface area contributed by atoms with E-state index in [-0.39, 0.29) is 5.69 Å². The first-order valence-corrected chi connectivity index (χ1v) is 10.8. The number of anilines is 2. The number of hydrogen-bond donors (Lipinski definition) is 2. The van der Waals surface area contributed by atoms with E-state index in [1.165, 1.54) is 47.5 Å². The molecule has 2 heterocycles. The predicted molar refractivity (Wildman–Crippen MR) is 122 cm³/mol. The number of amides is 2. The largest absolute Gasteiger partial charge is 0.386 e. The number of aliphatic hydroxyl groups is 1. The van der Waals surface area contributed by atoms with Crippen molar-refractivity contribution in [2.75, 3.05) is 10.3 Å². The maximum atomic E-state index is 14.5. The van der Waals surface area contributed by atoms with E-state index in [1.54, 1.807) is 48.6 Å². The molecule has 2 amide bonds. The van der Waals surface area contributed by atoms with Crippen molar-refractivity contribution in [1.29, 1.82) is 0 Å². The van der Waals surface area contributed by atoms with E-state index in [0.717, 1.165) is 4.90 Å². The van der Waals surface area contributed by atoms with E-state index >= 15 is 0 Å². The molecule has 0 aromatic heterocycles. The number of hydrazine groups is 1. The molecule has 172 valence electrons. The smallest absolute Gasteiger partial charge is 0.254 e. The lowest BCUT2D eigenvalue weighted by atomic mass is 9.90. The van der Waals surface area contributed by atoms with Gasteiger partial charge < -0.3 is 10.5 Å². The van der Waals surface area contributed by atoms with Gasteiger partial charge in [-0.25, -0.2) is 18.7 Å². The van der Waals surface area contributed by atoms with Crippen molar-refractivity contribution in [1.82, 2.24) is 5.01 Å². The molecule has 2 aliphatic heterocycles. The average Bonchev–Trinajstić information content (AvgIpc) is 3.11. The number of imide groups is 1. The van der Waals surface area contributed by atoms with Gasteiger partial charge in [0.2, 0.25) is 5.91 Å². The Balaban J connectivity index is 1.56. The summed E-state index contributed by atoms with van der Waals surface area (Å²) in [6.45, 7) is 0. The number of nitrogens with zero attached hydrogens (tertiary/aromatic N) is 2. The van der Waals surface area contributed by atoms with E-state index in [4.69, 9.17) is 0 Å². The van der Waals surface area contributed by atoms with Crippen molar-refractivity contribution in [3.05, 3.63) is 108 Å². The van der Waals surface area contributed by atoms with Gasteiger partial charge in [0.25, 0.3) is 5.91 Å². The lowest BCUT2D eigenvalue weighted by Gasteiger charge is -2.40. The Bertz CT molecular complexity index is 1250. The summed E-state index contributed by atoms with van der Waals surface area (Å²) in [6, 6.07) is 18.0. The second-order valence-corrected chi connectivity index (χ2v) is 8.19. The summed E-state index contributed by atoms with van der Waals surface area (Å²) < 4.78 is 28.0. The highest BCUT2D eigenvalue weighted by atomic mass is 19.1. The molecule has 0 saturated carbocycles. The molecule has 3 aromatic carbocycles. The van der Waals surface area contributed by atoms with Crippen LogP contribution >= 0.6 is 0 Å². The van der Waals surface area contributed by atoms with Crippen molar-refractivity contribution in [3.8, 4) is 0 Å². The van der Waals surface area contributed by atoms with Gasteiger partial charge in [-0.3, -0.25) is 9.59 Å². The maximum absolute atomic E-state index is 14.5. The third-order valence-electron chi connectivity index (χ3n) is 6.13. The molecule has 5 rings (SSSR count). The Morgan fingerprint density at radius 3 is 2.21 bits per heavy atom. The fourth-order valence-electron chi connectivity index (χ4n) is 4.45. The zero-order valence-corrected chi connectivity index (χ0v) is 17.9. The third kappa shape index (κ3) is 3.76. The summed E-state index contributed by atoms with van der Waals surface area (Å²) in [5.41, 5.74) is 3.86. The van der Waals surface area contributed by atoms with Gasteiger partial charge in [-0.1, -0.05) is 54.6 Å². The Morgan fingerprint density at radius 1 is 0.824 bits per heavy atom. The van der Waals surface area contributed by atoms with Crippen molar-refractivity contribution in [3.63, 3.8) is 0 Å². The summed E-state index contributed by atoms with van der Waals surface area (Å²) in [4.78, 5) is 27.9. The zero-order valence-electron chi connectivity index (χ0n) is 17.9. The summed E-state index contributed by atoms with van der Waals surface area (Å²) in [7, 11) is 0. The SMILES string of the molecule is O=C1C2C=CC(C(O)c3ccc(F)cc3)N(Nc3ccccc3F)C2C(=O)N1c1ccccc1. The summed E-state index contributed by atoms with van der Waals surface area (Å²) in [5, 5.41) is 12.6. The number of para-hydroxylation sites is 2. The van der Waals surface area contributed by atoms with Crippen LogP contribution in [0.4, 0.5) is 20.2 Å². The normalized spacial score (nSPS) is 23.1. The quantitative estimate of drug-likeness (QED) is 0.447. The number of nitrogens with one attached hydrogen (secondary N) is 1. The van der Waals surface area contributed by atoms with Crippen molar-refractivity contribution in [2.24, 2.45) is 5.92 Å². The molecule has 4 unspecified atom stereocenters. The second kappa shape index (κ2) is 8.81. The lowest BCUT2D eigenvalue weighted by molar-refractivity contribution is -0.123. The van der Waals surface area contributed by atoms with Crippen LogP contribution in [0, 0.1) is 17.6 Å².